The molecule has 2 amide bonds. The first-order valence-corrected chi connectivity index (χ1v) is 6.09. The first-order chi connectivity index (χ1) is 8.47. The fraction of sp³-hybridized carbons (Fsp3) is 0.429. The summed E-state index contributed by atoms with van der Waals surface area (Å²) in [6, 6.07) is 0. The van der Waals surface area contributed by atoms with Crippen molar-refractivity contribution in [3.63, 3.8) is 0 Å². The van der Waals surface area contributed by atoms with Crippen LogP contribution in [0.3, 0.4) is 0 Å². The van der Waals surface area contributed by atoms with Gasteiger partial charge in [-0.15, -0.1) is 0 Å². The molecular weight excluding hydrogens is 228 g/mol. The highest BCUT2D eigenvalue weighted by Crippen LogP contribution is 2.47. The molecule has 3 aliphatic carbocycles. The standard InChI is InChI=1S/C14H16N2O2/c1-15(2)12(17)11-10-8-9-4-6-14(10,7-5-9)16(3)13(11)18/h4-7,9H,8H2,1-3H3. The van der Waals surface area contributed by atoms with Gasteiger partial charge in [0.15, 0.2) is 0 Å². The summed E-state index contributed by atoms with van der Waals surface area (Å²) < 4.78 is 0. The van der Waals surface area contributed by atoms with Gasteiger partial charge in [0.1, 0.15) is 11.1 Å². The third-order valence-corrected chi connectivity index (χ3v) is 4.11. The molecular formula is C14H16N2O2. The van der Waals surface area contributed by atoms with E-state index in [9.17, 15) is 9.59 Å². The van der Waals surface area contributed by atoms with Gasteiger partial charge in [0.05, 0.1) is 0 Å². The number of nitrogens with zero attached hydrogens (tertiary/aromatic N) is 2. The molecule has 1 aliphatic heterocycles. The van der Waals surface area contributed by atoms with Crippen LogP contribution in [0.1, 0.15) is 6.42 Å². The molecule has 0 aromatic carbocycles. The number of carbonyl (C=O) groups is 2. The first-order valence-electron chi connectivity index (χ1n) is 6.09. The summed E-state index contributed by atoms with van der Waals surface area (Å²) in [4.78, 5) is 27.7. The predicted molar refractivity (Wildman–Crippen MR) is 67.6 cm³/mol. The quantitative estimate of drug-likeness (QED) is 0.504. The van der Waals surface area contributed by atoms with Gasteiger partial charge in [-0.25, -0.2) is 0 Å². The Morgan fingerprint density at radius 1 is 1.39 bits per heavy atom. The zero-order chi connectivity index (χ0) is 13.1. The maximum absolute atomic E-state index is 12.4. The molecule has 0 N–H and O–H groups in total. The molecule has 4 heteroatoms. The number of rotatable bonds is 1. The van der Waals surface area contributed by atoms with Crippen LogP contribution in [-0.4, -0.2) is 48.3 Å². The van der Waals surface area contributed by atoms with Crippen molar-refractivity contribution in [1.82, 2.24) is 9.80 Å². The van der Waals surface area contributed by atoms with Gasteiger partial charge in [-0.3, -0.25) is 9.59 Å². The van der Waals surface area contributed by atoms with E-state index in [1.165, 1.54) is 4.90 Å². The Kier molecular flexibility index (Phi) is 2.09. The van der Waals surface area contributed by atoms with Gasteiger partial charge in [-0.2, -0.15) is 0 Å². The molecule has 2 bridgehead atoms. The lowest BCUT2D eigenvalue weighted by atomic mass is 9.72. The second-order valence-corrected chi connectivity index (χ2v) is 5.33. The van der Waals surface area contributed by atoms with Crippen LogP contribution in [0.5, 0.6) is 0 Å². The van der Waals surface area contributed by atoms with E-state index in [2.05, 4.69) is 12.2 Å². The number of allylic oxidation sites excluding steroid dienone is 2. The Balaban J connectivity index is 2.20. The highest BCUT2D eigenvalue weighted by atomic mass is 16.2. The molecule has 0 radical (unpaired) electrons. The van der Waals surface area contributed by atoms with Crippen molar-refractivity contribution in [2.75, 3.05) is 21.1 Å². The van der Waals surface area contributed by atoms with Crippen LogP contribution in [0.2, 0.25) is 0 Å². The SMILES string of the molecule is CN(C)C(=O)C1=C2CC3C=CC2(C=C3)N(C)C1=O. The number of hydrogen-bond acceptors (Lipinski definition) is 2. The molecule has 4 rings (SSSR count). The summed E-state index contributed by atoms with van der Waals surface area (Å²) in [6.07, 6.45) is 9.11. The van der Waals surface area contributed by atoms with Crippen LogP contribution in [0.25, 0.3) is 0 Å². The Morgan fingerprint density at radius 2 is 2.00 bits per heavy atom. The van der Waals surface area contributed by atoms with E-state index in [0.717, 1.165) is 12.0 Å². The average Bonchev–Trinajstić information content (AvgIpc) is 2.59. The van der Waals surface area contributed by atoms with E-state index in [0.29, 0.717) is 11.5 Å². The van der Waals surface area contributed by atoms with Crippen LogP contribution >= 0.6 is 0 Å². The molecule has 1 spiro atoms. The predicted octanol–water partition coefficient (Wildman–Crippen LogP) is 0.728. The fourth-order valence-corrected chi connectivity index (χ4v) is 3.03. The smallest absolute Gasteiger partial charge is 0.260 e. The fourth-order valence-electron chi connectivity index (χ4n) is 3.03. The Bertz CT molecular complexity index is 526. The normalized spacial score (nSPS) is 32.3. The minimum absolute atomic E-state index is 0.166. The van der Waals surface area contributed by atoms with Crippen molar-refractivity contribution in [3.05, 3.63) is 35.5 Å². The lowest BCUT2D eigenvalue weighted by Gasteiger charge is -2.41. The van der Waals surface area contributed by atoms with Crippen molar-refractivity contribution in [2.45, 2.75) is 12.0 Å². The van der Waals surface area contributed by atoms with Crippen LogP contribution in [0.15, 0.2) is 35.5 Å². The third kappa shape index (κ3) is 1.15. The van der Waals surface area contributed by atoms with Crippen LogP contribution < -0.4 is 0 Å². The van der Waals surface area contributed by atoms with Crippen molar-refractivity contribution in [2.24, 2.45) is 5.92 Å². The minimum Gasteiger partial charge on any atom is -0.345 e. The first kappa shape index (κ1) is 11.3. The van der Waals surface area contributed by atoms with Crippen LogP contribution in [0, 0.1) is 5.92 Å². The zero-order valence-corrected chi connectivity index (χ0v) is 10.8. The van der Waals surface area contributed by atoms with Gasteiger partial charge < -0.3 is 9.80 Å². The number of hydrogen-bond donors (Lipinski definition) is 0. The topological polar surface area (TPSA) is 40.6 Å². The highest BCUT2D eigenvalue weighted by Gasteiger charge is 2.52. The third-order valence-electron chi connectivity index (χ3n) is 4.11. The van der Waals surface area contributed by atoms with Crippen LogP contribution in [-0.2, 0) is 9.59 Å². The van der Waals surface area contributed by atoms with E-state index in [1.807, 2.05) is 12.2 Å². The van der Waals surface area contributed by atoms with Crippen molar-refractivity contribution < 1.29 is 9.59 Å². The maximum Gasteiger partial charge on any atom is 0.260 e. The number of carbonyl (C=O) groups excluding carboxylic acids is 2. The molecule has 94 valence electrons. The van der Waals surface area contributed by atoms with Gasteiger partial charge in [-0.05, 0) is 17.9 Å². The number of likely N-dealkylation sites (N-methyl/N-ethyl adjacent to an activating group) is 2. The van der Waals surface area contributed by atoms with E-state index in [-0.39, 0.29) is 11.8 Å². The largest absolute Gasteiger partial charge is 0.345 e. The average molecular weight is 244 g/mol. The summed E-state index contributed by atoms with van der Waals surface area (Å²) in [7, 11) is 5.13. The molecule has 4 aliphatic rings. The monoisotopic (exact) mass is 244 g/mol. The molecule has 0 saturated carbocycles. The van der Waals surface area contributed by atoms with Gasteiger partial charge >= 0.3 is 0 Å². The van der Waals surface area contributed by atoms with Gasteiger partial charge in [0, 0.05) is 21.1 Å². The van der Waals surface area contributed by atoms with Crippen molar-refractivity contribution in [3.8, 4) is 0 Å². The highest BCUT2D eigenvalue weighted by molar-refractivity contribution is 6.21. The van der Waals surface area contributed by atoms with E-state index < -0.39 is 5.54 Å². The minimum atomic E-state index is -0.479. The van der Waals surface area contributed by atoms with E-state index >= 15 is 0 Å². The molecule has 0 aromatic heterocycles. The molecule has 4 nitrogen and oxygen atoms in total. The van der Waals surface area contributed by atoms with E-state index in [4.69, 9.17) is 0 Å². The summed E-state index contributed by atoms with van der Waals surface area (Å²) in [6.45, 7) is 0. The Morgan fingerprint density at radius 3 is 2.56 bits per heavy atom. The molecule has 1 heterocycles. The molecule has 0 atom stereocenters. The summed E-state index contributed by atoms with van der Waals surface area (Å²) in [5, 5.41) is 0. The Labute approximate surface area is 106 Å². The molecule has 0 aromatic rings. The van der Waals surface area contributed by atoms with Gasteiger partial charge in [0.2, 0.25) is 0 Å². The second-order valence-electron chi connectivity index (χ2n) is 5.33. The van der Waals surface area contributed by atoms with Crippen molar-refractivity contribution in [1.29, 1.82) is 0 Å². The second kappa shape index (κ2) is 3.34. The molecule has 0 saturated heterocycles. The van der Waals surface area contributed by atoms with Crippen LogP contribution in [0.4, 0.5) is 0 Å². The van der Waals surface area contributed by atoms with Crippen molar-refractivity contribution >= 4 is 11.8 Å². The van der Waals surface area contributed by atoms with E-state index in [1.54, 1.807) is 26.0 Å². The molecule has 0 fully saturated rings. The summed E-state index contributed by atoms with van der Waals surface area (Å²) >= 11 is 0. The maximum atomic E-state index is 12.4. The number of amides is 2. The Hall–Kier alpha value is -1.84. The van der Waals surface area contributed by atoms with Gasteiger partial charge in [-0.1, -0.05) is 24.3 Å². The van der Waals surface area contributed by atoms with Gasteiger partial charge in [0.25, 0.3) is 11.8 Å². The summed E-state index contributed by atoms with van der Waals surface area (Å²) in [5.74, 6) is -0.0280. The lowest BCUT2D eigenvalue weighted by molar-refractivity contribution is -0.131. The zero-order valence-electron chi connectivity index (χ0n) is 10.8. The lowest BCUT2D eigenvalue weighted by Crippen LogP contribution is -2.46. The molecule has 0 unspecified atom stereocenters. The molecule has 18 heavy (non-hydrogen) atoms. The summed E-state index contributed by atoms with van der Waals surface area (Å²) in [5.41, 5.74) is 0.845.